The summed E-state index contributed by atoms with van der Waals surface area (Å²) >= 11 is 1.22. The summed E-state index contributed by atoms with van der Waals surface area (Å²) in [5.41, 5.74) is 2.38. The third-order valence-corrected chi connectivity index (χ3v) is 5.94. The number of hydrogen-bond acceptors (Lipinski definition) is 5. The first kappa shape index (κ1) is 13.1. The number of nitrogens with zero attached hydrogens (tertiary/aromatic N) is 1. The number of thiazole rings is 1. The lowest BCUT2D eigenvalue weighted by molar-refractivity contribution is 0.0984. The molecule has 0 aromatic carbocycles. The van der Waals surface area contributed by atoms with Crippen LogP contribution in [0.1, 0.15) is 53.4 Å². The van der Waals surface area contributed by atoms with Gasteiger partial charge in [0, 0.05) is 5.92 Å². The lowest BCUT2D eigenvalue weighted by atomic mass is 9.87. The molecule has 0 atom stereocenters. The zero-order valence-electron chi connectivity index (χ0n) is 10.5. The summed E-state index contributed by atoms with van der Waals surface area (Å²) in [5, 5.41) is 0. The van der Waals surface area contributed by atoms with Crippen molar-refractivity contribution in [2.45, 2.75) is 38.0 Å². The van der Waals surface area contributed by atoms with Gasteiger partial charge in [-0.05, 0) is 31.6 Å². The summed E-state index contributed by atoms with van der Waals surface area (Å²) in [6, 6.07) is 0. The fourth-order valence-electron chi connectivity index (χ4n) is 2.27. The summed E-state index contributed by atoms with van der Waals surface area (Å²) in [4.78, 5) is 16.7. The molecule has 1 N–H and O–H groups in total. The number of nitrogens with one attached hydrogen (secondary N) is 1. The highest BCUT2D eigenvalue weighted by Crippen LogP contribution is 2.41. The monoisotopic (exact) mass is 300 g/mol. The molecule has 1 heterocycles. The molecule has 1 aromatic rings. The first-order valence-electron chi connectivity index (χ1n) is 6.53. The van der Waals surface area contributed by atoms with Gasteiger partial charge in [0.1, 0.15) is 4.88 Å². The molecular formula is C12H16N2O3S2. The third-order valence-electron chi connectivity index (χ3n) is 3.69. The topological polar surface area (TPSA) is 76.1 Å². The van der Waals surface area contributed by atoms with E-state index in [9.17, 15) is 13.2 Å². The normalized spacial score (nSPS) is 20.0. The highest BCUT2D eigenvalue weighted by Gasteiger charge is 2.32. The van der Waals surface area contributed by atoms with Crippen molar-refractivity contribution in [1.29, 1.82) is 0 Å². The highest BCUT2D eigenvalue weighted by molar-refractivity contribution is 7.90. The zero-order chi connectivity index (χ0) is 13.5. The van der Waals surface area contributed by atoms with Gasteiger partial charge in [-0.1, -0.05) is 6.42 Å². The van der Waals surface area contributed by atoms with Crippen LogP contribution >= 0.6 is 11.3 Å². The molecule has 0 saturated heterocycles. The van der Waals surface area contributed by atoms with Crippen LogP contribution < -0.4 is 4.72 Å². The van der Waals surface area contributed by atoms with Gasteiger partial charge in [-0.25, -0.2) is 18.1 Å². The Morgan fingerprint density at radius 2 is 2.11 bits per heavy atom. The number of rotatable bonds is 5. The van der Waals surface area contributed by atoms with Gasteiger partial charge < -0.3 is 0 Å². The Morgan fingerprint density at radius 3 is 2.68 bits per heavy atom. The van der Waals surface area contributed by atoms with Crippen LogP contribution in [-0.4, -0.2) is 25.1 Å². The molecule has 2 fully saturated rings. The van der Waals surface area contributed by atoms with Crippen LogP contribution in [0.2, 0.25) is 0 Å². The average molecular weight is 300 g/mol. The summed E-state index contributed by atoms with van der Waals surface area (Å²) in [5.74, 6) is 0.121. The standard InChI is InChI=1S/C12H16N2O3S2/c15-12(11-10(9-4-5-9)13-7-18-11)14-19(16,17)6-8-2-1-3-8/h7-9H,1-6H2,(H,14,15). The van der Waals surface area contributed by atoms with Crippen molar-refractivity contribution in [2.75, 3.05) is 5.75 Å². The molecule has 0 unspecified atom stereocenters. The maximum Gasteiger partial charge on any atom is 0.276 e. The Kier molecular flexibility index (Phi) is 3.34. The molecule has 0 aliphatic heterocycles. The second kappa shape index (κ2) is 4.86. The van der Waals surface area contributed by atoms with Gasteiger partial charge in [-0.3, -0.25) is 4.79 Å². The van der Waals surface area contributed by atoms with Gasteiger partial charge in [-0.2, -0.15) is 0 Å². The molecular weight excluding hydrogens is 284 g/mol. The van der Waals surface area contributed by atoms with E-state index in [1.54, 1.807) is 5.51 Å². The van der Waals surface area contributed by atoms with Crippen LogP contribution in [0.3, 0.4) is 0 Å². The second-order valence-corrected chi connectivity index (χ2v) is 7.97. The van der Waals surface area contributed by atoms with Crippen molar-refractivity contribution in [3.8, 4) is 0 Å². The van der Waals surface area contributed by atoms with Gasteiger partial charge >= 0.3 is 0 Å². The van der Waals surface area contributed by atoms with Crippen molar-refractivity contribution in [1.82, 2.24) is 9.71 Å². The molecule has 0 bridgehead atoms. The van der Waals surface area contributed by atoms with Crippen molar-refractivity contribution in [3.05, 3.63) is 16.1 Å². The molecule has 2 aliphatic carbocycles. The number of hydrogen-bond donors (Lipinski definition) is 1. The molecule has 19 heavy (non-hydrogen) atoms. The minimum atomic E-state index is -3.51. The molecule has 3 rings (SSSR count). The SMILES string of the molecule is O=C(NS(=O)(=O)CC1CCC1)c1scnc1C1CC1. The zero-order valence-corrected chi connectivity index (χ0v) is 12.1. The lowest BCUT2D eigenvalue weighted by Crippen LogP contribution is -2.36. The number of carbonyl (C=O) groups is 1. The van der Waals surface area contributed by atoms with Gasteiger partial charge in [-0.15, -0.1) is 11.3 Å². The molecule has 1 aromatic heterocycles. The van der Waals surface area contributed by atoms with E-state index in [2.05, 4.69) is 9.71 Å². The number of sulfonamides is 1. The van der Waals surface area contributed by atoms with Crippen LogP contribution in [0, 0.1) is 5.92 Å². The number of aromatic nitrogens is 1. The van der Waals surface area contributed by atoms with Crippen LogP contribution in [0.25, 0.3) is 0 Å². The van der Waals surface area contributed by atoms with E-state index in [-0.39, 0.29) is 11.7 Å². The highest BCUT2D eigenvalue weighted by atomic mass is 32.2. The smallest absolute Gasteiger partial charge is 0.267 e. The van der Waals surface area contributed by atoms with Gasteiger partial charge in [0.2, 0.25) is 10.0 Å². The molecule has 104 valence electrons. The molecule has 0 radical (unpaired) electrons. The van der Waals surface area contributed by atoms with Gasteiger partial charge in [0.05, 0.1) is 17.0 Å². The summed E-state index contributed by atoms with van der Waals surface area (Å²) in [6.45, 7) is 0. The van der Waals surface area contributed by atoms with E-state index in [1.807, 2.05) is 0 Å². The van der Waals surface area contributed by atoms with E-state index < -0.39 is 15.9 Å². The molecule has 1 amide bonds. The maximum absolute atomic E-state index is 12.0. The van der Waals surface area contributed by atoms with E-state index in [4.69, 9.17) is 0 Å². The van der Waals surface area contributed by atoms with E-state index in [1.165, 1.54) is 11.3 Å². The first-order valence-corrected chi connectivity index (χ1v) is 9.06. The molecule has 7 heteroatoms. The first-order chi connectivity index (χ1) is 9.05. The minimum Gasteiger partial charge on any atom is -0.267 e. The van der Waals surface area contributed by atoms with Crippen LogP contribution in [-0.2, 0) is 10.0 Å². The van der Waals surface area contributed by atoms with Crippen LogP contribution in [0.4, 0.5) is 0 Å². The van der Waals surface area contributed by atoms with Crippen molar-refractivity contribution < 1.29 is 13.2 Å². The fourth-order valence-corrected chi connectivity index (χ4v) is 4.53. The Labute approximate surface area is 116 Å². The summed E-state index contributed by atoms with van der Waals surface area (Å²) in [7, 11) is -3.51. The summed E-state index contributed by atoms with van der Waals surface area (Å²) < 4.78 is 26.0. The van der Waals surface area contributed by atoms with Crippen molar-refractivity contribution >= 4 is 27.3 Å². The average Bonchev–Trinajstić information content (AvgIpc) is 3.01. The Hall–Kier alpha value is -0.950. The van der Waals surface area contributed by atoms with Gasteiger partial charge in [0.25, 0.3) is 5.91 Å². The van der Waals surface area contributed by atoms with Gasteiger partial charge in [0.15, 0.2) is 0 Å². The Bertz CT molecular complexity index is 586. The predicted octanol–water partition coefficient (Wildman–Crippen LogP) is 1.88. The number of amides is 1. The third kappa shape index (κ3) is 2.97. The van der Waals surface area contributed by atoms with E-state index in [0.29, 0.717) is 10.8 Å². The molecule has 0 spiro atoms. The van der Waals surface area contributed by atoms with Crippen LogP contribution in [0.5, 0.6) is 0 Å². The molecule has 2 saturated carbocycles. The van der Waals surface area contributed by atoms with E-state index >= 15 is 0 Å². The molecule has 2 aliphatic rings. The Balaban J connectivity index is 1.68. The van der Waals surface area contributed by atoms with E-state index in [0.717, 1.165) is 37.8 Å². The van der Waals surface area contributed by atoms with Crippen molar-refractivity contribution in [3.63, 3.8) is 0 Å². The molecule has 5 nitrogen and oxygen atoms in total. The predicted molar refractivity (Wildman–Crippen MR) is 72.7 cm³/mol. The maximum atomic E-state index is 12.0. The Morgan fingerprint density at radius 1 is 1.37 bits per heavy atom. The summed E-state index contributed by atoms with van der Waals surface area (Å²) in [6.07, 6.45) is 5.07. The quantitative estimate of drug-likeness (QED) is 0.901. The van der Waals surface area contributed by atoms with Crippen molar-refractivity contribution in [2.24, 2.45) is 5.92 Å². The van der Waals surface area contributed by atoms with Crippen LogP contribution in [0.15, 0.2) is 5.51 Å². The minimum absolute atomic E-state index is 0.0658. The lowest BCUT2D eigenvalue weighted by Gasteiger charge is -2.24. The second-order valence-electron chi connectivity index (χ2n) is 5.35. The fraction of sp³-hybridized carbons (Fsp3) is 0.667. The number of carbonyl (C=O) groups excluding carboxylic acids is 1. The largest absolute Gasteiger partial charge is 0.276 e.